The van der Waals surface area contributed by atoms with Crippen LogP contribution < -0.4 is 9.47 Å². The molecular weight excluding hydrogens is 346 g/mol. The van der Waals surface area contributed by atoms with E-state index in [0.717, 1.165) is 22.6 Å². The monoisotopic (exact) mass is 367 g/mol. The predicted octanol–water partition coefficient (Wildman–Crippen LogP) is 3.96. The van der Waals surface area contributed by atoms with Gasteiger partial charge in [-0.05, 0) is 35.4 Å². The van der Waals surface area contributed by atoms with Crippen LogP contribution in [0.5, 0.6) is 11.5 Å². The molecule has 0 spiro atoms. The van der Waals surface area contributed by atoms with Gasteiger partial charge in [0.15, 0.2) is 0 Å². The highest BCUT2D eigenvalue weighted by Gasteiger charge is 2.21. The van der Waals surface area contributed by atoms with Gasteiger partial charge in [-0.1, -0.05) is 29.4 Å². The summed E-state index contributed by atoms with van der Waals surface area (Å²) in [5, 5.41) is 3.97. The summed E-state index contributed by atoms with van der Waals surface area (Å²) < 4.78 is 20.7. The first-order valence-electron chi connectivity index (χ1n) is 8.52. The molecule has 0 bridgehead atoms. The van der Waals surface area contributed by atoms with E-state index in [4.69, 9.17) is 18.7 Å². The van der Waals surface area contributed by atoms with Crippen molar-refractivity contribution in [3.63, 3.8) is 0 Å². The molecule has 1 atom stereocenters. The van der Waals surface area contributed by atoms with Crippen molar-refractivity contribution >= 4 is 5.97 Å². The van der Waals surface area contributed by atoms with Crippen LogP contribution in [0.4, 0.5) is 0 Å². The van der Waals surface area contributed by atoms with Gasteiger partial charge in [-0.3, -0.25) is 4.79 Å². The van der Waals surface area contributed by atoms with Gasteiger partial charge >= 0.3 is 5.97 Å². The Bertz CT molecular complexity index is 841. The number of benzene rings is 2. The van der Waals surface area contributed by atoms with Crippen molar-refractivity contribution in [2.75, 3.05) is 14.2 Å². The minimum Gasteiger partial charge on any atom is -0.497 e. The average molecular weight is 367 g/mol. The maximum Gasteiger partial charge on any atom is 0.306 e. The second-order valence-corrected chi connectivity index (χ2v) is 5.96. The summed E-state index contributed by atoms with van der Waals surface area (Å²) in [6, 6.07) is 17.1. The van der Waals surface area contributed by atoms with Gasteiger partial charge in [-0.15, -0.1) is 0 Å². The Labute approximate surface area is 157 Å². The average Bonchev–Trinajstić information content (AvgIpc) is 3.25. The molecule has 1 heterocycles. The summed E-state index contributed by atoms with van der Waals surface area (Å²) in [6.45, 7) is 0.457. The number of esters is 1. The zero-order valence-electron chi connectivity index (χ0n) is 15.3. The van der Waals surface area contributed by atoms with Crippen molar-refractivity contribution in [2.45, 2.75) is 18.9 Å². The molecule has 3 rings (SSSR count). The fourth-order valence-electron chi connectivity index (χ4n) is 2.73. The minimum absolute atomic E-state index is 0.190. The molecule has 6 nitrogen and oxygen atoms in total. The van der Waals surface area contributed by atoms with Crippen molar-refractivity contribution in [3.05, 3.63) is 77.7 Å². The standard InChI is InChI=1S/C21H21NO5/c1-24-17-7-3-15(4-8-17)14-26-18-9-5-16(6-10-18)19(13-21(23)25-2)20-11-12-27-22-20/h3-12,19H,13-14H2,1-2H3. The molecule has 0 aliphatic heterocycles. The third-order valence-electron chi connectivity index (χ3n) is 4.26. The third kappa shape index (κ3) is 4.88. The van der Waals surface area contributed by atoms with E-state index >= 15 is 0 Å². The molecule has 0 saturated heterocycles. The molecule has 0 aliphatic rings. The normalized spacial score (nSPS) is 11.6. The zero-order valence-corrected chi connectivity index (χ0v) is 15.3. The van der Waals surface area contributed by atoms with Crippen molar-refractivity contribution in [1.29, 1.82) is 0 Å². The Balaban J connectivity index is 1.67. The smallest absolute Gasteiger partial charge is 0.306 e. The van der Waals surface area contributed by atoms with Gasteiger partial charge in [0.2, 0.25) is 0 Å². The van der Waals surface area contributed by atoms with Gasteiger partial charge in [0.25, 0.3) is 0 Å². The number of carbonyl (C=O) groups excluding carboxylic acids is 1. The maximum absolute atomic E-state index is 11.7. The summed E-state index contributed by atoms with van der Waals surface area (Å²) in [4.78, 5) is 11.7. The van der Waals surface area contributed by atoms with Crippen LogP contribution in [0.3, 0.4) is 0 Å². The van der Waals surface area contributed by atoms with Crippen molar-refractivity contribution in [1.82, 2.24) is 5.16 Å². The van der Waals surface area contributed by atoms with Crippen LogP contribution in [0.2, 0.25) is 0 Å². The predicted molar refractivity (Wildman–Crippen MR) is 98.7 cm³/mol. The van der Waals surface area contributed by atoms with Gasteiger partial charge in [0.1, 0.15) is 24.4 Å². The minimum atomic E-state index is -0.303. The fourth-order valence-corrected chi connectivity index (χ4v) is 2.73. The van der Waals surface area contributed by atoms with Gasteiger partial charge in [-0.2, -0.15) is 0 Å². The number of hydrogen-bond donors (Lipinski definition) is 0. The summed E-state index contributed by atoms with van der Waals surface area (Å²) in [5.41, 5.74) is 2.67. The third-order valence-corrected chi connectivity index (χ3v) is 4.26. The van der Waals surface area contributed by atoms with Crippen LogP contribution in [-0.2, 0) is 16.1 Å². The van der Waals surface area contributed by atoms with E-state index in [9.17, 15) is 4.79 Å². The maximum atomic E-state index is 11.7. The van der Waals surface area contributed by atoms with Gasteiger partial charge in [0, 0.05) is 12.0 Å². The fraction of sp³-hybridized carbons (Fsp3) is 0.238. The quantitative estimate of drug-likeness (QED) is 0.561. The largest absolute Gasteiger partial charge is 0.497 e. The van der Waals surface area contributed by atoms with E-state index in [0.29, 0.717) is 12.3 Å². The summed E-state index contributed by atoms with van der Waals surface area (Å²) >= 11 is 0. The van der Waals surface area contributed by atoms with Gasteiger partial charge < -0.3 is 18.7 Å². The second-order valence-electron chi connectivity index (χ2n) is 5.96. The first kappa shape index (κ1) is 18.5. The van der Waals surface area contributed by atoms with Gasteiger partial charge in [0.05, 0.1) is 26.3 Å². The van der Waals surface area contributed by atoms with E-state index < -0.39 is 0 Å². The lowest BCUT2D eigenvalue weighted by molar-refractivity contribution is -0.140. The number of nitrogens with zero attached hydrogens (tertiary/aromatic N) is 1. The Morgan fingerprint density at radius 1 is 1.00 bits per heavy atom. The van der Waals surface area contributed by atoms with Crippen LogP contribution in [0.25, 0.3) is 0 Å². The molecule has 0 amide bonds. The number of methoxy groups -OCH3 is 2. The van der Waals surface area contributed by atoms with Gasteiger partial charge in [-0.25, -0.2) is 0 Å². The number of carbonyl (C=O) groups is 1. The van der Waals surface area contributed by atoms with Crippen molar-refractivity contribution < 1.29 is 23.5 Å². The SMILES string of the molecule is COC(=O)CC(c1ccc(OCc2ccc(OC)cc2)cc1)c1ccon1. The first-order valence-corrected chi connectivity index (χ1v) is 8.52. The molecule has 0 N–H and O–H groups in total. The first-order chi connectivity index (χ1) is 13.2. The Kier molecular flexibility index (Phi) is 6.10. The van der Waals surface area contributed by atoms with E-state index in [1.807, 2.05) is 48.5 Å². The lowest BCUT2D eigenvalue weighted by Crippen LogP contribution is -2.10. The summed E-state index contributed by atoms with van der Waals surface area (Å²) in [6.07, 6.45) is 1.68. The molecular formula is C21H21NO5. The van der Waals surface area contributed by atoms with Crippen LogP contribution in [0, 0.1) is 0 Å². The van der Waals surface area contributed by atoms with Crippen LogP contribution >= 0.6 is 0 Å². The molecule has 0 radical (unpaired) electrons. The number of aromatic nitrogens is 1. The van der Waals surface area contributed by atoms with E-state index in [1.54, 1.807) is 13.2 Å². The summed E-state index contributed by atoms with van der Waals surface area (Å²) in [7, 11) is 3.01. The molecule has 27 heavy (non-hydrogen) atoms. The molecule has 1 unspecified atom stereocenters. The topological polar surface area (TPSA) is 70.8 Å². The second kappa shape index (κ2) is 8.89. The Morgan fingerprint density at radius 3 is 2.30 bits per heavy atom. The Morgan fingerprint density at radius 2 is 1.70 bits per heavy atom. The molecule has 0 aliphatic carbocycles. The molecule has 0 saturated carbocycles. The highest BCUT2D eigenvalue weighted by molar-refractivity contribution is 5.71. The molecule has 3 aromatic rings. The molecule has 0 fully saturated rings. The molecule has 140 valence electrons. The number of rotatable bonds is 8. The Hall–Kier alpha value is -3.28. The summed E-state index contributed by atoms with van der Waals surface area (Å²) in [5.74, 6) is 1.02. The van der Waals surface area contributed by atoms with Crippen LogP contribution in [-0.4, -0.2) is 25.3 Å². The van der Waals surface area contributed by atoms with E-state index in [-0.39, 0.29) is 18.3 Å². The zero-order chi connectivity index (χ0) is 19.1. The van der Waals surface area contributed by atoms with Crippen LogP contribution in [0.1, 0.15) is 29.2 Å². The lowest BCUT2D eigenvalue weighted by Gasteiger charge is -2.14. The number of ether oxygens (including phenoxy) is 3. The van der Waals surface area contributed by atoms with Crippen LogP contribution in [0.15, 0.2) is 65.4 Å². The highest BCUT2D eigenvalue weighted by atomic mass is 16.5. The molecule has 6 heteroatoms. The number of hydrogen-bond acceptors (Lipinski definition) is 6. The molecule has 2 aromatic carbocycles. The lowest BCUT2D eigenvalue weighted by atomic mass is 9.92. The molecule has 1 aromatic heterocycles. The van der Waals surface area contributed by atoms with E-state index in [1.165, 1.54) is 13.4 Å². The highest BCUT2D eigenvalue weighted by Crippen LogP contribution is 2.29. The van der Waals surface area contributed by atoms with Crippen molar-refractivity contribution in [2.24, 2.45) is 0 Å². The van der Waals surface area contributed by atoms with Crippen molar-refractivity contribution in [3.8, 4) is 11.5 Å². The van der Waals surface area contributed by atoms with E-state index in [2.05, 4.69) is 5.16 Å².